The molecule has 0 saturated carbocycles. The maximum Gasteiger partial charge on any atom is 0.241 e. The van der Waals surface area contributed by atoms with Gasteiger partial charge in [0.1, 0.15) is 0 Å². The fraction of sp³-hybridized carbons (Fsp3) is 0.318. The number of benzene rings is 2. The van der Waals surface area contributed by atoms with Gasteiger partial charge < -0.3 is 5.32 Å². The molecule has 3 rings (SSSR count). The van der Waals surface area contributed by atoms with Crippen LogP contribution in [0.2, 0.25) is 0 Å². The van der Waals surface area contributed by atoms with Gasteiger partial charge in [0.05, 0.1) is 11.7 Å². The maximum atomic E-state index is 13.8. The highest BCUT2D eigenvalue weighted by molar-refractivity contribution is 5.94. The Bertz CT molecular complexity index is 865. The molecule has 0 spiro atoms. The van der Waals surface area contributed by atoms with E-state index in [4.69, 9.17) is 0 Å². The van der Waals surface area contributed by atoms with Crippen molar-refractivity contribution in [2.45, 2.75) is 13.0 Å². The Kier molecular flexibility index (Phi) is 7.06. The van der Waals surface area contributed by atoms with Crippen molar-refractivity contribution in [1.82, 2.24) is 9.80 Å². The molecule has 0 radical (unpaired) electrons. The van der Waals surface area contributed by atoms with Gasteiger partial charge in [-0.25, -0.2) is 13.2 Å². The van der Waals surface area contributed by atoms with Crippen LogP contribution >= 0.6 is 0 Å². The number of hydrogen-bond donors (Lipinski definition) is 1. The van der Waals surface area contributed by atoms with Crippen molar-refractivity contribution in [1.29, 1.82) is 0 Å². The first-order valence-corrected chi connectivity index (χ1v) is 9.58. The van der Waals surface area contributed by atoms with Crippen molar-refractivity contribution in [3.05, 3.63) is 71.6 Å². The molecule has 1 heterocycles. The van der Waals surface area contributed by atoms with E-state index in [0.29, 0.717) is 13.1 Å². The Morgan fingerprint density at radius 3 is 2.41 bits per heavy atom. The van der Waals surface area contributed by atoms with Gasteiger partial charge in [0, 0.05) is 32.7 Å². The van der Waals surface area contributed by atoms with Crippen LogP contribution in [0.25, 0.3) is 6.08 Å². The molecule has 154 valence electrons. The molecule has 0 bridgehead atoms. The summed E-state index contributed by atoms with van der Waals surface area (Å²) in [5.41, 5.74) is 0.798. The van der Waals surface area contributed by atoms with Crippen molar-refractivity contribution in [2.75, 3.05) is 38.0 Å². The summed E-state index contributed by atoms with van der Waals surface area (Å²) >= 11 is 0. The number of carbonyl (C=O) groups excluding carboxylic acids is 1. The lowest BCUT2D eigenvalue weighted by molar-refractivity contribution is -0.121. The van der Waals surface area contributed by atoms with Crippen LogP contribution in [0.1, 0.15) is 12.5 Å². The number of carbonyl (C=O) groups is 1. The van der Waals surface area contributed by atoms with Gasteiger partial charge in [-0.3, -0.25) is 14.6 Å². The van der Waals surface area contributed by atoms with E-state index < -0.39 is 29.4 Å². The average molecular weight is 403 g/mol. The number of hydrogen-bond acceptors (Lipinski definition) is 3. The topological polar surface area (TPSA) is 35.6 Å². The summed E-state index contributed by atoms with van der Waals surface area (Å²) in [7, 11) is 0. The highest BCUT2D eigenvalue weighted by Crippen LogP contribution is 2.20. The summed E-state index contributed by atoms with van der Waals surface area (Å²) in [4.78, 5) is 16.7. The Morgan fingerprint density at radius 2 is 1.72 bits per heavy atom. The molecule has 2 aromatic rings. The van der Waals surface area contributed by atoms with Crippen molar-refractivity contribution >= 4 is 17.7 Å². The monoisotopic (exact) mass is 403 g/mol. The van der Waals surface area contributed by atoms with Crippen LogP contribution in [0.5, 0.6) is 0 Å². The Hall–Kier alpha value is -2.64. The van der Waals surface area contributed by atoms with Crippen molar-refractivity contribution < 1.29 is 18.0 Å². The molecule has 29 heavy (non-hydrogen) atoms. The predicted molar refractivity (Wildman–Crippen MR) is 108 cm³/mol. The van der Waals surface area contributed by atoms with Gasteiger partial charge in [0.25, 0.3) is 0 Å². The highest BCUT2D eigenvalue weighted by atomic mass is 19.2. The van der Waals surface area contributed by atoms with E-state index in [1.54, 1.807) is 6.92 Å². The van der Waals surface area contributed by atoms with E-state index in [-0.39, 0.29) is 5.69 Å². The summed E-state index contributed by atoms with van der Waals surface area (Å²) in [5.74, 6) is -4.72. The van der Waals surface area contributed by atoms with Crippen molar-refractivity contribution in [3.63, 3.8) is 0 Å². The van der Waals surface area contributed by atoms with E-state index in [0.717, 1.165) is 37.3 Å². The van der Waals surface area contributed by atoms with Gasteiger partial charge in [-0.1, -0.05) is 42.5 Å². The number of rotatable bonds is 6. The second-order valence-corrected chi connectivity index (χ2v) is 7.04. The number of amides is 1. The third-order valence-corrected chi connectivity index (χ3v) is 5.10. The second kappa shape index (κ2) is 9.71. The number of nitrogens with one attached hydrogen (secondary N) is 1. The third-order valence-electron chi connectivity index (χ3n) is 5.10. The molecule has 0 unspecified atom stereocenters. The first-order chi connectivity index (χ1) is 14.0. The van der Waals surface area contributed by atoms with Crippen LogP contribution < -0.4 is 5.32 Å². The van der Waals surface area contributed by atoms with E-state index in [2.05, 4.69) is 22.4 Å². The lowest BCUT2D eigenvalue weighted by atomic mass is 10.2. The quantitative estimate of drug-likeness (QED) is 0.746. The normalized spacial score (nSPS) is 16.8. The second-order valence-electron chi connectivity index (χ2n) is 7.04. The summed E-state index contributed by atoms with van der Waals surface area (Å²) in [6, 6.07) is 11.4. The Balaban J connectivity index is 1.48. The molecular weight excluding hydrogens is 379 g/mol. The first kappa shape index (κ1) is 21.1. The van der Waals surface area contributed by atoms with Gasteiger partial charge in [0.15, 0.2) is 17.5 Å². The number of halogens is 3. The van der Waals surface area contributed by atoms with Crippen LogP contribution in [0.3, 0.4) is 0 Å². The third kappa shape index (κ3) is 5.46. The Morgan fingerprint density at radius 1 is 1.03 bits per heavy atom. The lowest BCUT2D eigenvalue weighted by Crippen LogP contribution is -2.52. The summed E-state index contributed by atoms with van der Waals surface area (Å²) in [6.45, 7) is 5.52. The summed E-state index contributed by atoms with van der Waals surface area (Å²) < 4.78 is 40.1. The van der Waals surface area contributed by atoms with Gasteiger partial charge in [-0.15, -0.1) is 0 Å². The molecule has 1 amide bonds. The van der Waals surface area contributed by atoms with Crippen LogP contribution in [0, 0.1) is 17.5 Å². The number of piperazine rings is 1. The molecule has 1 saturated heterocycles. The van der Waals surface area contributed by atoms with E-state index in [1.807, 2.05) is 35.2 Å². The standard InChI is InChI=1S/C22H24F3N3O/c1-16(22(29)26-19-10-9-18(23)20(24)21(19)25)28-14-12-27(13-15-28)11-5-8-17-6-3-2-4-7-17/h2-10,16H,11-15H2,1H3,(H,26,29)/b8-5+/t16-/m1/s1. The summed E-state index contributed by atoms with van der Waals surface area (Å²) in [6.07, 6.45) is 4.20. The van der Waals surface area contributed by atoms with E-state index >= 15 is 0 Å². The van der Waals surface area contributed by atoms with E-state index in [1.165, 1.54) is 0 Å². The zero-order chi connectivity index (χ0) is 20.8. The first-order valence-electron chi connectivity index (χ1n) is 9.58. The van der Waals surface area contributed by atoms with E-state index in [9.17, 15) is 18.0 Å². The zero-order valence-electron chi connectivity index (χ0n) is 16.2. The van der Waals surface area contributed by atoms with Crippen molar-refractivity contribution in [2.24, 2.45) is 0 Å². The van der Waals surface area contributed by atoms with Crippen LogP contribution in [-0.4, -0.2) is 54.5 Å². The SMILES string of the molecule is C[C@H](C(=O)Nc1ccc(F)c(F)c1F)N1CCN(C/C=C/c2ccccc2)CC1. The minimum absolute atomic E-state index is 0.356. The number of nitrogens with zero attached hydrogens (tertiary/aromatic N) is 2. The van der Waals surface area contributed by atoms with Gasteiger partial charge in [-0.05, 0) is 24.6 Å². The maximum absolute atomic E-state index is 13.8. The Labute approximate surface area is 168 Å². The fourth-order valence-electron chi connectivity index (χ4n) is 3.26. The van der Waals surface area contributed by atoms with Gasteiger partial charge in [-0.2, -0.15) is 0 Å². The zero-order valence-corrected chi connectivity index (χ0v) is 16.2. The van der Waals surface area contributed by atoms with Crippen LogP contribution in [-0.2, 0) is 4.79 Å². The summed E-state index contributed by atoms with van der Waals surface area (Å²) in [5, 5.41) is 2.35. The molecule has 1 fully saturated rings. The van der Waals surface area contributed by atoms with Gasteiger partial charge >= 0.3 is 0 Å². The molecule has 0 aliphatic carbocycles. The van der Waals surface area contributed by atoms with Crippen LogP contribution in [0.15, 0.2) is 48.5 Å². The molecule has 1 aliphatic heterocycles. The molecule has 0 aromatic heterocycles. The number of anilines is 1. The lowest BCUT2D eigenvalue weighted by Gasteiger charge is -2.37. The van der Waals surface area contributed by atoms with Crippen LogP contribution in [0.4, 0.5) is 18.9 Å². The highest BCUT2D eigenvalue weighted by Gasteiger charge is 2.26. The fourth-order valence-corrected chi connectivity index (χ4v) is 3.26. The average Bonchev–Trinajstić information content (AvgIpc) is 2.75. The molecule has 2 aromatic carbocycles. The minimum Gasteiger partial charge on any atom is -0.322 e. The molecular formula is C22H24F3N3O. The molecule has 4 nitrogen and oxygen atoms in total. The molecule has 1 aliphatic rings. The smallest absolute Gasteiger partial charge is 0.241 e. The molecule has 1 N–H and O–H groups in total. The predicted octanol–water partition coefficient (Wildman–Crippen LogP) is 3.76. The largest absolute Gasteiger partial charge is 0.322 e. The van der Waals surface area contributed by atoms with Gasteiger partial charge in [0.2, 0.25) is 5.91 Å². The molecule has 7 heteroatoms. The molecule has 1 atom stereocenters. The minimum atomic E-state index is -1.59. The van der Waals surface area contributed by atoms with Crippen molar-refractivity contribution in [3.8, 4) is 0 Å².